The Kier molecular flexibility index (Phi) is 4.64. The molecule has 2 rings (SSSR count). The lowest BCUT2D eigenvalue weighted by Gasteiger charge is -2.11. The summed E-state index contributed by atoms with van der Waals surface area (Å²) in [6.45, 7) is 1.54. The van der Waals surface area contributed by atoms with Crippen LogP contribution < -0.4 is 9.46 Å². The van der Waals surface area contributed by atoms with Crippen LogP contribution in [0.5, 0.6) is 5.75 Å². The molecule has 118 valence electrons. The second-order valence-electron chi connectivity index (χ2n) is 4.33. The normalized spacial score (nSPS) is 11.2. The van der Waals surface area contributed by atoms with E-state index in [1.165, 1.54) is 25.3 Å². The summed E-state index contributed by atoms with van der Waals surface area (Å²) in [5.41, 5.74) is 0.564. The number of ether oxygens (including phenoxy) is 1. The van der Waals surface area contributed by atoms with E-state index in [2.05, 4.69) is 4.72 Å². The fourth-order valence-electron chi connectivity index (χ4n) is 1.75. The van der Waals surface area contributed by atoms with Crippen LogP contribution in [0.2, 0.25) is 5.02 Å². The highest BCUT2D eigenvalue weighted by Gasteiger charge is 2.23. The van der Waals surface area contributed by atoms with Crippen LogP contribution in [0.15, 0.2) is 28.5 Å². The average molecular weight is 362 g/mol. The molecule has 0 amide bonds. The number of benzene rings is 1. The van der Waals surface area contributed by atoms with E-state index in [1.807, 2.05) is 0 Å². The number of nitrogens with one attached hydrogen (secondary N) is 1. The van der Waals surface area contributed by atoms with Crippen LogP contribution in [0.3, 0.4) is 0 Å². The van der Waals surface area contributed by atoms with Crippen molar-refractivity contribution >= 4 is 44.6 Å². The number of hydrogen-bond donors (Lipinski definition) is 2. The van der Waals surface area contributed by atoms with Crippen molar-refractivity contribution < 1.29 is 23.1 Å². The molecule has 0 spiro atoms. The molecule has 0 radical (unpaired) electrons. The molecule has 0 aliphatic heterocycles. The molecule has 9 heteroatoms. The van der Waals surface area contributed by atoms with Gasteiger partial charge in [0.05, 0.1) is 12.8 Å². The van der Waals surface area contributed by atoms with Crippen molar-refractivity contribution in [2.75, 3.05) is 11.8 Å². The summed E-state index contributed by atoms with van der Waals surface area (Å²) in [4.78, 5) is 11.0. The third-order valence-electron chi connectivity index (χ3n) is 2.76. The van der Waals surface area contributed by atoms with Gasteiger partial charge in [-0.3, -0.25) is 4.72 Å². The van der Waals surface area contributed by atoms with Gasteiger partial charge >= 0.3 is 5.97 Å². The second-order valence-corrected chi connectivity index (χ2v) is 7.73. The predicted octanol–water partition coefficient (Wildman–Crippen LogP) is 3.22. The van der Waals surface area contributed by atoms with Crippen molar-refractivity contribution in [2.24, 2.45) is 0 Å². The number of methoxy groups -OCH3 is 1. The Balaban J connectivity index is 2.42. The minimum atomic E-state index is -3.93. The van der Waals surface area contributed by atoms with Gasteiger partial charge in [0.15, 0.2) is 0 Å². The van der Waals surface area contributed by atoms with E-state index in [9.17, 15) is 13.2 Å². The minimum absolute atomic E-state index is 0.0153. The summed E-state index contributed by atoms with van der Waals surface area (Å²) >= 11 is 6.54. The quantitative estimate of drug-likeness (QED) is 0.852. The SMILES string of the molecule is COc1ccc(Cl)cc1NS(=O)(=O)c1cc(C)c(C(=O)O)s1. The molecular formula is C13H12ClNO5S2. The first-order valence-electron chi connectivity index (χ1n) is 5.94. The maximum Gasteiger partial charge on any atom is 0.346 e. The van der Waals surface area contributed by atoms with Crippen LogP contribution in [0, 0.1) is 6.92 Å². The number of aryl methyl sites for hydroxylation is 1. The summed E-state index contributed by atoms with van der Waals surface area (Å²) in [7, 11) is -2.53. The van der Waals surface area contributed by atoms with Crippen molar-refractivity contribution in [2.45, 2.75) is 11.1 Å². The fraction of sp³-hybridized carbons (Fsp3) is 0.154. The highest BCUT2D eigenvalue weighted by molar-refractivity contribution is 7.94. The molecule has 0 aliphatic carbocycles. The Morgan fingerprint density at radius 3 is 2.59 bits per heavy atom. The highest BCUT2D eigenvalue weighted by atomic mass is 35.5. The van der Waals surface area contributed by atoms with Crippen LogP contribution in [0.4, 0.5) is 5.69 Å². The van der Waals surface area contributed by atoms with Gasteiger partial charge in [-0.25, -0.2) is 13.2 Å². The smallest absolute Gasteiger partial charge is 0.346 e. The molecule has 1 aromatic heterocycles. The third-order valence-corrected chi connectivity index (χ3v) is 6.06. The maximum absolute atomic E-state index is 12.4. The lowest BCUT2D eigenvalue weighted by Crippen LogP contribution is -2.12. The Morgan fingerprint density at radius 1 is 1.36 bits per heavy atom. The predicted molar refractivity (Wildman–Crippen MR) is 84.8 cm³/mol. The number of thiophene rings is 1. The van der Waals surface area contributed by atoms with Gasteiger partial charge in [0.2, 0.25) is 0 Å². The van der Waals surface area contributed by atoms with E-state index in [4.69, 9.17) is 21.4 Å². The molecule has 0 aliphatic rings. The first-order chi connectivity index (χ1) is 10.2. The number of carbonyl (C=O) groups is 1. The summed E-state index contributed by atoms with van der Waals surface area (Å²) in [5.74, 6) is -0.857. The van der Waals surface area contributed by atoms with E-state index in [1.54, 1.807) is 13.0 Å². The minimum Gasteiger partial charge on any atom is -0.495 e. The number of halogens is 1. The summed E-state index contributed by atoms with van der Waals surface area (Å²) in [6, 6.07) is 5.82. The number of anilines is 1. The summed E-state index contributed by atoms with van der Waals surface area (Å²) in [5, 5.41) is 9.35. The first-order valence-corrected chi connectivity index (χ1v) is 8.62. The molecule has 2 N–H and O–H groups in total. The Labute approximate surface area is 136 Å². The van der Waals surface area contributed by atoms with Gasteiger partial charge in [-0.1, -0.05) is 11.6 Å². The topological polar surface area (TPSA) is 92.7 Å². The molecule has 0 saturated heterocycles. The Bertz CT molecular complexity index is 829. The van der Waals surface area contributed by atoms with E-state index < -0.39 is 16.0 Å². The van der Waals surface area contributed by atoms with Crippen LogP contribution in [-0.4, -0.2) is 26.6 Å². The molecule has 0 unspecified atom stereocenters. The largest absolute Gasteiger partial charge is 0.495 e. The van der Waals surface area contributed by atoms with E-state index in [0.717, 1.165) is 0 Å². The molecule has 2 aromatic rings. The van der Waals surface area contributed by atoms with Gasteiger partial charge in [-0.2, -0.15) is 0 Å². The molecule has 0 bridgehead atoms. The third kappa shape index (κ3) is 3.34. The molecular weight excluding hydrogens is 350 g/mol. The number of carboxylic acids is 1. The number of aromatic carboxylic acids is 1. The molecule has 22 heavy (non-hydrogen) atoms. The van der Waals surface area contributed by atoms with Crippen molar-refractivity contribution in [1.82, 2.24) is 0 Å². The maximum atomic E-state index is 12.4. The summed E-state index contributed by atoms with van der Waals surface area (Å²) < 4.78 is 32.1. The van der Waals surface area contributed by atoms with Crippen LogP contribution >= 0.6 is 22.9 Å². The van der Waals surface area contributed by atoms with Crippen molar-refractivity contribution in [3.63, 3.8) is 0 Å². The zero-order chi connectivity index (χ0) is 16.5. The lowest BCUT2D eigenvalue weighted by atomic mass is 10.3. The Hall–Kier alpha value is -1.77. The monoisotopic (exact) mass is 361 g/mol. The molecule has 0 atom stereocenters. The molecule has 0 fully saturated rings. The number of carboxylic acid groups (broad SMARTS) is 1. The van der Waals surface area contributed by atoms with Crippen molar-refractivity contribution in [1.29, 1.82) is 0 Å². The number of rotatable bonds is 5. The fourth-order valence-corrected chi connectivity index (χ4v) is 4.36. The van der Waals surface area contributed by atoms with Gasteiger partial charge in [0, 0.05) is 5.02 Å². The highest BCUT2D eigenvalue weighted by Crippen LogP contribution is 2.32. The van der Waals surface area contributed by atoms with Gasteiger partial charge < -0.3 is 9.84 Å². The number of sulfonamides is 1. The Morgan fingerprint density at radius 2 is 2.05 bits per heavy atom. The van der Waals surface area contributed by atoms with Gasteiger partial charge in [0.1, 0.15) is 14.8 Å². The molecule has 6 nitrogen and oxygen atoms in total. The number of hydrogen-bond acceptors (Lipinski definition) is 5. The van der Waals surface area contributed by atoms with Crippen molar-refractivity contribution in [3.8, 4) is 5.75 Å². The van der Waals surface area contributed by atoms with E-state index >= 15 is 0 Å². The van der Waals surface area contributed by atoms with E-state index in [0.29, 0.717) is 27.7 Å². The van der Waals surface area contributed by atoms with Gasteiger partial charge in [-0.15, -0.1) is 11.3 Å². The van der Waals surface area contributed by atoms with E-state index in [-0.39, 0.29) is 14.8 Å². The summed E-state index contributed by atoms with van der Waals surface area (Å²) in [6.07, 6.45) is 0. The van der Waals surface area contributed by atoms with Crippen LogP contribution in [0.25, 0.3) is 0 Å². The zero-order valence-electron chi connectivity index (χ0n) is 11.6. The molecule has 1 aromatic carbocycles. The van der Waals surface area contributed by atoms with Crippen molar-refractivity contribution in [3.05, 3.63) is 39.7 Å². The van der Waals surface area contributed by atoms with Crippen LogP contribution in [-0.2, 0) is 10.0 Å². The molecule has 1 heterocycles. The van der Waals surface area contributed by atoms with Crippen LogP contribution in [0.1, 0.15) is 15.2 Å². The zero-order valence-corrected chi connectivity index (χ0v) is 14.0. The average Bonchev–Trinajstić information content (AvgIpc) is 2.82. The molecule has 0 saturated carbocycles. The lowest BCUT2D eigenvalue weighted by molar-refractivity contribution is 0.0701. The first kappa shape index (κ1) is 16.6. The van der Waals surface area contributed by atoms with Gasteiger partial charge in [0.25, 0.3) is 10.0 Å². The second kappa shape index (κ2) is 6.15. The standard InChI is InChI=1S/C13H12ClNO5S2/c1-7-5-11(21-12(7)13(16)17)22(18,19)15-9-6-8(14)3-4-10(9)20-2/h3-6,15H,1-2H3,(H,16,17). The van der Waals surface area contributed by atoms with Gasteiger partial charge in [-0.05, 0) is 36.8 Å².